The highest BCUT2D eigenvalue weighted by molar-refractivity contribution is 6.03. The Labute approximate surface area is 295 Å². The van der Waals surface area contributed by atoms with Gasteiger partial charge in [-0.25, -0.2) is 13.6 Å². The number of ether oxygens (including phenoxy) is 2. The molecule has 0 bridgehead atoms. The lowest BCUT2D eigenvalue weighted by atomic mass is 10.1. The van der Waals surface area contributed by atoms with E-state index in [1.807, 2.05) is 0 Å². The number of carboxylic acid groups (broad SMARTS) is 1. The number of pyridine rings is 1. The molecule has 268 valence electrons. The van der Waals surface area contributed by atoms with Gasteiger partial charge in [0.1, 0.15) is 23.7 Å². The number of alkyl halides is 2. The van der Waals surface area contributed by atoms with Gasteiger partial charge in [0.05, 0.1) is 12.2 Å². The predicted molar refractivity (Wildman–Crippen MR) is 187 cm³/mol. The standard InChI is InChI=1S/C39H41F2N3O7/c1-3-4-5-6-7-8-23-50-32-20-13-29(14-21-32)38(49)51-33-18-9-27(10-19-33)25-44(26-35(45)46)37(48)28-11-16-31(17-12-28)43-36(47)34-22-15-30(24-42-34)39(2,40)41/h9-22,24H,3-8,23,25-26H2,1-2H3,(H,43,47)(H,45,46). The molecule has 3 aromatic carbocycles. The molecule has 0 aliphatic heterocycles. The van der Waals surface area contributed by atoms with Gasteiger partial charge in [0.25, 0.3) is 17.7 Å². The molecule has 4 rings (SSSR count). The van der Waals surface area contributed by atoms with Crippen LogP contribution in [0.2, 0.25) is 0 Å². The minimum atomic E-state index is -3.09. The van der Waals surface area contributed by atoms with Crippen LogP contribution in [0.25, 0.3) is 0 Å². The van der Waals surface area contributed by atoms with E-state index in [4.69, 9.17) is 9.47 Å². The molecule has 0 radical (unpaired) electrons. The molecular weight excluding hydrogens is 660 g/mol. The smallest absolute Gasteiger partial charge is 0.343 e. The number of nitrogens with one attached hydrogen (secondary N) is 1. The lowest BCUT2D eigenvalue weighted by molar-refractivity contribution is -0.137. The Bertz CT molecular complexity index is 1760. The molecule has 1 heterocycles. The van der Waals surface area contributed by atoms with Crippen LogP contribution in [-0.2, 0) is 17.3 Å². The van der Waals surface area contributed by atoms with Crippen LogP contribution < -0.4 is 14.8 Å². The first-order chi connectivity index (χ1) is 24.4. The van der Waals surface area contributed by atoms with E-state index in [9.17, 15) is 33.1 Å². The summed E-state index contributed by atoms with van der Waals surface area (Å²) in [5.41, 5.74) is 1.03. The van der Waals surface area contributed by atoms with E-state index >= 15 is 0 Å². The topological polar surface area (TPSA) is 135 Å². The zero-order valence-corrected chi connectivity index (χ0v) is 28.6. The molecule has 51 heavy (non-hydrogen) atoms. The predicted octanol–water partition coefficient (Wildman–Crippen LogP) is 8.13. The van der Waals surface area contributed by atoms with Crippen molar-refractivity contribution >= 4 is 29.4 Å². The molecule has 0 saturated heterocycles. The number of anilines is 1. The molecule has 0 spiro atoms. The minimum Gasteiger partial charge on any atom is -0.494 e. The molecule has 10 nitrogen and oxygen atoms in total. The van der Waals surface area contributed by atoms with E-state index < -0.39 is 36.2 Å². The normalized spacial score (nSPS) is 11.1. The Morgan fingerprint density at radius 3 is 2.04 bits per heavy atom. The van der Waals surface area contributed by atoms with Crippen LogP contribution in [-0.4, -0.2) is 51.9 Å². The summed E-state index contributed by atoms with van der Waals surface area (Å²) in [4.78, 5) is 55.1. The fraction of sp³-hybridized carbons (Fsp3) is 0.308. The first-order valence-corrected chi connectivity index (χ1v) is 16.7. The molecule has 4 aromatic rings. The summed E-state index contributed by atoms with van der Waals surface area (Å²) < 4.78 is 38.1. The van der Waals surface area contributed by atoms with Crippen LogP contribution >= 0.6 is 0 Å². The highest BCUT2D eigenvalue weighted by Crippen LogP contribution is 2.26. The van der Waals surface area contributed by atoms with Crippen LogP contribution in [0.1, 0.15) is 94.7 Å². The zero-order valence-electron chi connectivity index (χ0n) is 28.6. The van der Waals surface area contributed by atoms with E-state index in [0.717, 1.165) is 36.9 Å². The molecule has 0 fully saturated rings. The fourth-order valence-corrected chi connectivity index (χ4v) is 5.03. The van der Waals surface area contributed by atoms with E-state index in [1.165, 1.54) is 56.0 Å². The van der Waals surface area contributed by atoms with Gasteiger partial charge in [0.15, 0.2) is 0 Å². The van der Waals surface area contributed by atoms with Crippen LogP contribution in [0, 0.1) is 0 Å². The molecule has 12 heteroatoms. The average molecular weight is 702 g/mol. The molecule has 2 N–H and O–H groups in total. The van der Waals surface area contributed by atoms with Crippen LogP contribution in [0.15, 0.2) is 91.1 Å². The Hall–Kier alpha value is -5.65. The molecule has 0 saturated carbocycles. The van der Waals surface area contributed by atoms with E-state index in [-0.39, 0.29) is 29.1 Å². The fourth-order valence-electron chi connectivity index (χ4n) is 5.03. The van der Waals surface area contributed by atoms with Crippen molar-refractivity contribution < 1.29 is 42.5 Å². The van der Waals surface area contributed by atoms with E-state index in [2.05, 4.69) is 17.2 Å². The summed E-state index contributed by atoms with van der Waals surface area (Å²) in [5, 5.41) is 12.1. The van der Waals surface area contributed by atoms with Gasteiger partial charge in [-0.1, -0.05) is 51.2 Å². The van der Waals surface area contributed by atoms with Crippen molar-refractivity contribution in [1.29, 1.82) is 0 Å². The highest BCUT2D eigenvalue weighted by atomic mass is 19.3. The summed E-state index contributed by atoms with van der Waals surface area (Å²) in [6.45, 7) is 2.91. The first kappa shape index (κ1) is 38.2. The van der Waals surface area contributed by atoms with Crippen LogP contribution in [0.5, 0.6) is 11.5 Å². The second-order valence-corrected chi connectivity index (χ2v) is 12.1. The second kappa shape index (κ2) is 18.4. The maximum absolute atomic E-state index is 13.4. The minimum absolute atomic E-state index is 0.0451. The van der Waals surface area contributed by atoms with Gasteiger partial charge >= 0.3 is 11.9 Å². The third-order valence-corrected chi connectivity index (χ3v) is 7.87. The van der Waals surface area contributed by atoms with Gasteiger partial charge < -0.3 is 24.8 Å². The van der Waals surface area contributed by atoms with Crippen molar-refractivity contribution in [3.05, 3.63) is 119 Å². The molecule has 0 aliphatic carbocycles. The summed E-state index contributed by atoms with van der Waals surface area (Å²) in [6.07, 6.45) is 7.95. The molecule has 0 aliphatic rings. The summed E-state index contributed by atoms with van der Waals surface area (Å²) >= 11 is 0. The maximum Gasteiger partial charge on any atom is 0.343 e. The highest BCUT2D eigenvalue weighted by Gasteiger charge is 2.25. The largest absolute Gasteiger partial charge is 0.494 e. The third kappa shape index (κ3) is 12.0. The van der Waals surface area contributed by atoms with Crippen LogP contribution in [0.4, 0.5) is 14.5 Å². The van der Waals surface area contributed by atoms with Gasteiger partial charge in [0, 0.05) is 36.5 Å². The van der Waals surface area contributed by atoms with Crippen molar-refractivity contribution in [2.24, 2.45) is 0 Å². The number of benzene rings is 3. The van der Waals surface area contributed by atoms with Crippen molar-refractivity contribution in [3.63, 3.8) is 0 Å². The number of carbonyl (C=O) groups excluding carboxylic acids is 3. The van der Waals surface area contributed by atoms with Gasteiger partial charge in [-0.3, -0.25) is 19.4 Å². The number of aliphatic carboxylic acids is 1. The number of nitrogens with zero attached hydrogens (tertiary/aromatic N) is 2. The first-order valence-electron chi connectivity index (χ1n) is 16.7. The Kier molecular flexibility index (Phi) is 13.7. The van der Waals surface area contributed by atoms with E-state index in [1.54, 1.807) is 48.5 Å². The second-order valence-electron chi connectivity index (χ2n) is 12.1. The number of halogens is 2. The third-order valence-electron chi connectivity index (χ3n) is 7.87. The van der Waals surface area contributed by atoms with E-state index in [0.29, 0.717) is 29.2 Å². The number of carbonyl (C=O) groups is 4. The number of unbranched alkanes of at least 4 members (excludes halogenated alkanes) is 5. The summed E-state index contributed by atoms with van der Waals surface area (Å²) in [5.74, 6) is -5.11. The lowest BCUT2D eigenvalue weighted by Crippen LogP contribution is -2.35. The molecular formula is C39H41F2N3O7. The summed E-state index contributed by atoms with van der Waals surface area (Å²) in [6, 6.07) is 21.2. The summed E-state index contributed by atoms with van der Waals surface area (Å²) in [7, 11) is 0. The lowest BCUT2D eigenvalue weighted by Gasteiger charge is -2.21. The Morgan fingerprint density at radius 2 is 1.43 bits per heavy atom. The quantitative estimate of drug-likeness (QED) is 0.0603. The van der Waals surface area contributed by atoms with Gasteiger partial charge in [-0.05, 0) is 84.8 Å². The van der Waals surface area contributed by atoms with Gasteiger partial charge in [0.2, 0.25) is 0 Å². The number of hydrogen-bond acceptors (Lipinski definition) is 7. The number of amides is 2. The van der Waals surface area contributed by atoms with Crippen molar-refractivity contribution in [2.45, 2.75) is 64.8 Å². The van der Waals surface area contributed by atoms with Crippen molar-refractivity contribution in [1.82, 2.24) is 9.88 Å². The van der Waals surface area contributed by atoms with Gasteiger partial charge in [-0.2, -0.15) is 0 Å². The number of rotatable bonds is 18. The zero-order chi connectivity index (χ0) is 36.8. The number of carboxylic acids is 1. The maximum atomic E-state index is 13.4. The average Bonchev–Trinajstić information content (AvgIpc) is 3.11. The Morgan fingerprint density at radius 1 is 0.804 bits per heavy atom. The molecule has 0 unspecified atom stereocenters. The monoisotopic (exact) mass is 701 g/mol. The number of hydrogen-bond donors (Lipinski definition) is 2. The van der Waals surface area contributed by atoms with Crippen LogP contribution in [0.3, 0.4) is 0 Å². The molecule has 2 amide bonds. The Balaban J connectivity index is 1.30. The van der Waals surface area contributed by atoms with Crippen molar-refractivity contribution in [2.75, 3.05) is 18.5 Å². The van der Waals surface area contributed by atoms with Gasteiger partial charge in [-0.15, -0.1) is 0 Å². The molecule has 1 aromatic heterocycles. The SMILES string of the molecule is CCCCCCCCOc1ccc(C(=O)Oc2ccc(CN(CC(=O)O)C(=O)c3ccc(NC(=O)c4ccc(C(C)(F)F)cn4)cc3)cc2)cc1. The van der Waals surface area contributed by atoms with Crippen molar-refractivity contribution in [3.8, 4) is 11.5 Å². The number of esters is 1. The number of aromatic nitrogens is 1. The molecule has 0 atom stereocenters.